The van der Waals surface area contributed by atoms with E-state index in [0.29, 0.717) is 5.52 Å². The zero-order chi connectivity index (χ0) is 16.8. The van der Waals surface area contributed by atoms with Crippen LogP contribution in [0.1, 0.15) is 0 Å². The molecule has 23 heavy (non-hydrogen) atoms. The molecule has 0 amide bonds. The molecule has 0 spiro atoms. The summed E-state index contributed by atoms with van der Waals surface area (Å²) in [6.45, 7) is 0. The molecule has 6 nitrogen and oxygen atoms in total. The number of aromatic nitrogens is 1. The molecule has 0 aliphatic rings. The number of benzene rings is 2. The predicted octanol–water partition coefficient (Wildman–Crippen LogP) is 2.72. The minimum absolute atomic E-state index is 0.118. The second-order valence-corrected chi connectivity index (χ2v) is 6.85. The number of hydrogen-bond donors (Lipinski definition) is 1. The maximum Gasteiger partial charge on any atom is 0.419 e. The van der Waals surface area contributed by atoms with Gasteiger partial charge in [0.1, 0.15) is 0 Å². The summed E-state index contributed by atoms with van der Waals surface area (Å²) in [7, 11) is -2.57. The first-order valence-corrected chi connectivity index (χ1v) is 8.22. The Labute approximate surface area is 135 Å². The van der Waals surface area contributed by atoms with Crippen LogP contribution in [0.2, 0.25) is 5.02 Å². The van der Waals surface area contributed by atoms with Crippen LogP contribution in [0.4, 0.5) is 10.1 Å². The molecule has 0 unspecified atom stereocenters. The third kappa shape index (κ3) is 2.71. The number of oxazole rings is 1. The SMILES string of the molecule is Cn1c(=O)oc2cc(S(=O)(=O)Nc3cccc(Cl)c3F)ccc21. The quantitative estimate of drug-likeness (QED) is 0.782. The van der Waals surface area contributed by atoms with Crippen LogP contribution in [0.5, 0.6) is 0 Å². The van der Waals surface area contributed by atoms with Gasteiger partial charge in [-0.15, -0.1) is 0 Å². The van der Waals surface area contributed by atoms with Crippen molar-refractivity contribution in [3.63, 3.8) is 0 Å². The van der Waals surface area contributed by atoms with Crippen molar-refractivity contribution >= 4 is 38.4 Å². The van der Waals surface area contributed by atoms with Gasteiger partial charge in [-0.05, 0) is 24.3 Å². The predicted molar refractivity (Wildman–Crippen MR) is 83.7 cm³/mol. The number of fused-ring (bicyclic) bond motifs is 1. The lowest BCUT2D eigenvalue weighted by molar-refractivity contribution is 0.527. The van der Waals surface area contributed by atoms with E-state index in [9.17, 15) is 17.6 Å². The lowest BCUT2D eigenvalue weighted by Gasteiger charge is -2.09. The van der Waals surface area contributed by atoms with Gasteiger partial charge in [-0.25, -0.2) is 17.6 Å². The fraction of sp³-hybridized carbons (Fsp3) is 0.0714. The standard InChI is InChI=1S/C14H10ClFN2O4S/c1-18-11-6-5-8(7-12(11)22-14(18)19)23(20,21)17-10-4-2-3-9(15)13(10)16/h2-7,17H,1H3. The van der Waals surface area contributed by atoms with Crippen LogP contribution in [0, 0.1) is 5.82 Å². The molecule has 9 heteroatoms. The highest BCUT2D eigenvalue weighted by atomic mass is 35.5. The van der Waals surface area contributed by atoms with Crippen LogP contribution in [0.25, 0.3) is 11.1 Å². The van der Waals surface area contributed by atoms with E-state index in [2.05, 4.69) is 4.72 Å². The molecule has 0 atom stereocenters. The lowest BCUT2D eigenvalue weighted by Crippen LogP contribution is -2.14. The van der Waals surface area contributed by atoms with E-state index in [0.717, 1.165) is 0 Å². The normalized spacial score (nSPS) is 11.8. The highest BCUT2D eigenvalue weighted by Gasteiger charge is 2.19. The Kier molecular flexibility index (Phi) is 3.65. The summed E-state index contributed by atoms with van der Waals surface area (Å²) in [6, 6.07) is 7.90. The smallest absolute Gasteiger partial charge is 0.408 e. The van der Waals surface area contributed by atoms with Gasteiger partial charge in [0.25, 0.3) is 10.0 Å². The zero-order valence-electron chi connectivity index (χ0n) is 11.7. The van der Waals surface area contributed by atoms with E-state index >= 15 is 0 Å². The molecule has 0 saturated carbocycles. The summed E-state index contributed by atoms with van der Waals surface area (Å²) >= 11 is 5.62. The second-order valence-electron chi connectivity index (χ2n) is 4.76. The van der Waals surface area contributed by atoms with Crippen molar-refractivity contribution in [1.82, 2.24) is 4.57 Å². The first-order chi connectivity index (χ1) is 10.8. The van der Waals surface area contributed by atoms with Crippen LogP contribution in [-0.4, -0.2) is 13.0 Å². The molecular weight excluding hydrogens is 347 g/mol. The van der Waals surface area contributed by atoms with Gasteiger partial charge in [-0.2, -0.15) is 0 Å². The lowest BCUT2D eigenvalue weighted by atomic mass is 10.3. The van der Waals surface area contributed by atoms with E-state index in [-0.39, 0.29) is 21.2 Å². The maximum absolute atomic E-state index is 13.8. The maximum atomic E-state index is 13.8. The van der Waals surface area contributed by atoms with Crippen molar-refractivity contribution in [1.29, 1.82) is 0 Å². The topological polar surface area (TPSA) is 81.3 Å². The van der Waals surface area contributed by atoms with Gasteiger partial charge in [0.2, 0.25) is 0 Å². The van der Waals surface area contributed by atoms with Crippen LogP contribution in [0.3, 0.4) is 0 Å². The third-order valence-electron chi connectivity index (χ3n) is 3.27. The third-order valence-corrected chi connectivity index (χ3v) is 4.93. The molecule has 0 fully saturated rings. The number of halogens is 2. The first-order valence-electron chi connectivity index (χ1n) is 6.36. The Balaban J connectivity index is 2.06. The molecule has 0 saturated heterocycles. The molecule has 0 aliphatic heterocycles. The van der Waals surface area contributed by atoms with Gasteiger partial charge >= 0.3 is 5.76 Å². The van der Waals surface area contributed by atoms with Crippen LogP contribution < -0.4 is 10.5 Å². The molecule has 120 valence electrons. The summed E-state index contributed by atoms with van der Waals surface area (Å²) in [5.41, 5.74) is 0.293. The monoisotopic (exact) mass is 356 g/mol. The van der Waals surface area contributed by atoms with E-state index in [4.69, 9.17) is 16.0 Å². The largest absolute Gasteiger partial charge is 0.419 e. The van der Waals surface area contributed by atoms with E-state index in [1.807, 2.05) is 0 Å². The first kappa shape index (κ1) is 15.6. The molecule has 2 aromatic carbocycles. The van der Waals surface area contributed by atoms with Gasteiger partial charge in [0.15, 0.2) is 11.4 Å². The number of nitrogens with zero attached hydrogens (tertiary/aromatic N) is 1. The number of sulfonamides is 1. The summed E-state index contributed by atoms with van der Waals surface area (Å²) in [4.78, 5) is 11.3. The number of rotatable bonds is 3. The van der Waals surface area contributed by atoms with E-state index in [1.54, 1.807) is 0 Å². The molecule has 3 aromatic rings. The molecule has 0 bridgehead atoms. The number of nitrogens with one attached hydrogen (secondary N) is 1. The van der Waals surface area contributed by atoms with Crippen molar-refractivity contribution in [2.24, 2.45) is 7.05 Å². The molecule has 1 heterocycles. The average Bonchev–Trinajstić information content (AvgIpc) is 2.78. The fourth-order valence-corrected chi connectivity index (χ4v) is 3.32. The summed E-state index contributed by atoms with van der Waals surface area (Å²) in [6.07, 6.45) is 0. The van der Waals surface area contributed by atoms with Crippen LogP contribution in [-0.2, 0) is 17.1 Å². The van der Waals surface area contributed by atoms with Crippen molar-refractivity contribution in [3.05, 3.63) is 57.8 Å². The second kappa shape index (κ2) is 5.39. The van der Waals surface area contributed by atoms with Crippen molar-refractivity contribution in [2.75, 3.05) is 4.72 Å². The summed E-state index contributed by atoms with van der Waals surface area (Å²) in [5, 5.41) is -0.199. The Morgan fingerprint density at radius 2 is 2.00 bits per heavy atom. The number of aryl methyl sites for hydroxylation is 1. The molecule has 1 N–H and O–H groups in total. The van der Waals surface area contributed by atoms with Gasteiger partial charge in [-0.3, -0.25) is 9.29 Å². The van der Waals surface area contributed by atoms with Crippen molar-refractivity contribution in [2.45, 2.75) is 4.90 Å². The highest BCUT2D eigenvalue weighted by molar-refractivity contribution is 7.92. The molecule has 3 rings (SSSR count). The van der Waals surface area contributed by atoms with Crippen LogP contribution >= 0.6 is 11.6 Å². The van der Waals surface area contributed by atoms with Gasteiger partial charge in [-0.1, -0.05) is 17.7 Å². The van der Waals surface area contributed by atoms with Gasteiger partial charge < -0.3 is 4.42 Å². The highest BCUT2D eigenvalue weighted by Crippen LogP contribution is 2.25. The van der Waals surface area contributed by atoms with Gasteiger partial charge in [0.05, 0.1) is 21.1 Å². The molecule has 0 aliphatic carbocycles. The summed E-state index contributed by atoms with van der Waals surface area (Å²) in [5.74, 6) is -1.48. The van der Waals surface area contributed by atoms with Crippen LogP contribution in [0.15, 0.2) is 50.5 Å². The number of anilines is 1. The zero-order valence-corrected chi connectivity index (χ0v) is 13.3. The number of hydrogen-bond acceptors (Lipinski definition) is 4. The summed E-state index contributed by atoms with van der Waals surface area (Å²) < 4.78 is 46.9. The minimum atomic E-state index is -4.07. The van der Waals surface area contributed by atoms with Gasteiger partial charge in [0, 0.05) is 13.1 Å². The fourth-order valence-electron chi connectivity index (χ4n) is 2.07. The Bertz CT molecular complexity index is 1070. The van der Waals surface area contributed by atoms with E-state index in [1.165, 1.54) is 48.0 Å². The van der Waals surface area contributed by atoms with Crippen molar-refractivity contribution < 1.29 is 17.2 Å². The Morgan fingerprint density at radius 3 is 2.74 bits per heavy atom. The molecule has 0 radical (unpaired) electrons. The molecular formula is C14H10ClFN2O4S. The van der Waals surface area contributed by atoms with E-state index < -0.39 is 21.6 Å². The Hall–Kier alpha value is -2.32. The average molecular weight is 357 g/mol. The van der Waals surface area contributed by atoms with Crippen molar-refractivity contribution in [3.8, 4) is 0 Å². The Morgan fingerprint density at radius 1 is 1.26 bits per heavy atom. The minimum Gasteiger partial charge on any atom is -0.408 e. The molecule has 1 aromatic heterocycles.